The van der Waals surface area contributed by atoms with Gasteiger partial charge in [0.15, 0.2) is 6.10 Å². The highest BCUT2D eigenvalue weighted by Gasteiger charge is 2.17. The molecule has 5 heteroatoms. The molecule has 0 aromatic heterocycles. The van der Waals surface area contributed by atoms with Gasteiger partial charge in [-0.25, -0.2) is 0 Å². The summed E-state index contributed by atoms with van der Waals surface area (Å²) in [6.45, 7) is 9.33. The first-order valence-electron chi connectivity index (χ1n) is 9.88. The molecule has 0 saturated carbocycles. The molecule has 2 aromatic rings. The Hall–Kier alpha value is -2.82. The molecule has 1 atom stereocenters. The summed E-state index contributed by atoms with van der Waals surface area (Å²) in [7, 11) is 0. The van der Waals surface area contributed by atoms with Gasteiger partial charge in [-0.1, -0.05) is 31.5 Å². The van der Waals surface area contributed by atoms with Gasteiger partial charge in [0.1, 0.15) is 5.75 Å². The zero-order valence-electron chi connectivity index (χ0n) is 17.2. The molecule has 0 saturated heterocycles. The molecular formula is C23H30N2O3. The van der Waals surface area contributed by atoms with E-state index in [1.807, 2.05) is 36.1 Å². The summed E-state index contributed by atoms with van der Waals surface area (Å²) < 4.78 is 5.68. The monoisotopic (exact) mass is 382 g/mol. The predicted octanol–water partition coefficient (Wildman–Crippen LogP) is 4.66. The number of anilines is 1. The number of ether oxygens (including phenoxy) is 1. The lowest BCUT2D eigenvalue weighted by atomic mass is 10.1. The highest BCUT2D eigenvalue weighted by atomic mass is 16.5. The van der Waals surface area contributed by atoms with E-state index in [0.29, 0.717) is 17.0 Å². The van der Waals surface area contributed by atoms with Gasteiger partial charge in [-0.3, -0.25) is 9.59 Å². The highest BCUT2D eigenvalue weighted by Crippen LogP contribution is 2.16. The van der Waals surface area contributed by atoms with Crippen LogP contribution in [0.1, 0.15) is 49.5 Å². The Balaban J connectivity index is 1.96. The van der Waals surface area contributed by atoms with Crippen LogP contribution in [0, 0.1) is 6.92 Å². The Morgan fingerprint density at radius 1 is 0.964 bits per heavy atom. The summed E-state index contributed by atoms with van der Waals surface area (Å²) in [5.41, 5.74) is 2.40. The van der Waals surface area contributed by atoms with Gasteiger partial charge in [-0.05, 0) is 63.1 Å². The Bertz CT molecular complexity index is 763. The van der Waals surface area contributed by atoms with E-state index in [1.54, 1.807) is 31.2 Å². The van der Waals surface area contributed by atoms with Crippen molar-refractivity contribution >= 4 is 17.5 Å². The van der Waals surface area contributed by atoms with Crippen LogP contribution >= 0.6 is 0 Å². The van der Waals surface area contributed by atoms with Gasteiger partial charge >= 0.3 is 0 Å². The molecule has 0 radical (unpaired) electrons. The minimum Gasteiger partial charge on any atom is -0.481 e. The molecule has 0 heterocycles. The van der Waals surface area contributed by atoms with Gasteiger partial charge < -0.3 is 15.0 Å². The lowest BCUT2D eigenvalue weighted by Crippen LogP contribution is -2.32. The lowest BCUT2D eigenvalue weighted by molar-refractivity contribution is -0.122. The number of carbonyl (C=O) groups is 2. The van der Waals surface area contributed by atoms with Crippen LogP contribution in [-0.4, -0.2) is 35.9 Å². The molecule has 0 aliphatic carbocycles. The van der Waals surface area contributed by atoms with Crippen LogP contribution in [0.5, 0.6) is 5.75 Å². The topological polar surface area (TPSA) is 58.6 Å². The molecule has 0 bridgehead atoms. The molecule has 0 fully saturated rings. The van der Waals surface area contributed by atoms with Gasteiger partial charge in [0.2, 0.25) is 0 Å². The number of hydrogen-bond acceptors (Lipinski definition) is 3. The van der Waals surface area contributed by atoms with Crippen LogP contribution in [-0.2, 0) is 4.79 Å². The number of aryl methyl sites for hydroxylation is 1. The molecule has 28 heavy (non-hydrogen) atoms. The fourth-order valence-electron chi connectivity index (χ4n) is 2.85. The van der Waals surface area contributed by atoms with Crippen molar-refractivity contribution in [2.75, 3.05) is 18.4 Å². The number of amides is 2. The third kappa shape index (κ3) is 6.12. The van der Waals surface area contributed by atoms with Gasteiger partial charge in [-0.2, -0.15) is 0 Å². The van der Waals surface area contributed by atoms with E-state index in [2.05, 4.69) is 19.2 Å². The maximum Gasteiger partial charge on any atom is 0.265 e. The Morgan fingerprint density at radius 3 is 2.07 bits per heavy atom. The highest BCUT2D eigenvalue weighted by molar-refractivity contribution is 5.96. The molecule has 150 valence electrons. The van der Waals surface area contributed by atoms with Crippen LogP contribution in [0.15, 0.2) is 48.5 Å². The summed E-state index contributed by atoms with van der Waals surface area (Å²) in [4.78, 5) is 26.8. The van der Waals surface area contributed by atoms with E-state index >= 15 is 0 Å². The van der Waals surface area contributed by atoms with Gasteiger partial charge in [-0.15, -0.1) is 0 Å². The molecule has 1 unspecified atom stereocenters. The second-order valence-corrected chi connectivity index (χ2v) is 6.93. The quantitative estimate of drug-likeness (QED) is 0.686. The molecule has 2 aromatic carbocycles. The molecule has 0 spiro atoms. The van der Waals surface area contributed by atoms with E-state index < -0.39 is 6.10 Å². The minimum absolute atomic E-state index is 0.0256. The standard InChI is InChI=1S/C23H30N2O3/c1-5-15-25(16-6-2)23(27)19-9-11-20(12-10-19)24-22(26)18(4)28-21-13-7-17(3)8-14-21/h7-14,18H,5-6,15-16H2,1-4H3,(H,24,26). The molecule has 0 aliphatic heterocycles. The van der Waals surface area contributed by atoms with Crippen LogP contribution in [0.2, 0.25) is 0 Å². The van der Waals surface area contributed by atoms with Crippen LogP contribution in [0.3, 0.4) is 0 Å². The number of nitrogens with zero attached hydrogens (tertiary/aromatic N) is 1. The molecule has 0 aliphatic rings. The number of benzene rings is 2. The Kier molecular flexibility index (Phi) is 8.05. The Labute approximate surface area is 167 Å². The van der Waals surface area contributed by atoms with E-state index in [9.17, 15) is 9.59 Å². The zero-order chi connectivity index (χ0) is 20.5. The van der Waals surface area contributed by atoms with Crippen molar-refractivity contribution in [3.63, 3.8) is 0 Å². The third-order valence-corrected chi connectivity index (χ3v) is 4.38. The number of hydrogen-bond donors (Lipinski definition) is 1. The minimum atomic E-state index is -0.631. The average Bonchev–Trinajstić information content (AvgIpc) is 2.69. The summed E-state index contributed by atoms with van der Waals surface area (Å²) in [5, 5.41) is 2.83. The molecule has 1 N–H and O–H groups in total. The number of carbonyl (C=O) groups excluding carboxylic acids is 2. The van der Waals surface area contributed by atoms with Gasteiger partial charge in [0, 0.05) is 24.3 Å². The fraction of sp³-hybridized carbons (Fsp3) is 0.391. The Morgan fingerprint density at radius 2 is 1.54 bits per heavy atom. The predicted molar refractivity (Wildman–Crippen MR) is 113 cm³/mol. The van der Waals surface area contributed by atoms with E-state index in [1.165, 1.54) is 0 Å². The fourth-order valence-corrected chi connectivity index (χ4v) is 2.85. The first-order valence-corrected chi connectivity index (χ1v) is 9.88. The molecule has 5 nitrogen and oxygen atoms in total. The first-order chi connectivity index (χ1) is 13.4. The SMILES string of the molecule is CCCN(CCC)C(=O)c1ccc(NC(=O)C(C)Oc2ccc(C)cc2)cc1. The normalized spacial score (nSPS) is 11.6. The van der Waals surface area contributed by atoms with Crippen molar-refractivity contribution in [2.24, 2.45) is 0 Å². The average molecular weight is 383 g/mol. The zero-order valence-corrected chi connectivity index (χ0v) is 17.2. The summed E-state index contributed by atoms with van der Waals surface area (Å²) in [6, 6.07) is 14.6. The van der Waals surface area contributed by atoms with Gasteiger partial charge in [0.25, 0.3) is 11.8 Å². The molecule has 2 rings (SSSR count). The van der Waals surface area contributed by atoms with E-state index in [4.69, 9.17) is 4.74 Å². The largest absolute Gasteiger partial charge is 0.481 e. The maximum absolute atomic E-state index is 12.6. The lowest BCUT2D eigenvalue weighted by Gasteiger charge is -2.21. The van der Waals surface area contributed by atoms with Crippen molar-refractivity contribution in [1.29, 1.82) is 0 Å². The van der Waals surface area contributed by atoms with Crippen molar-refractivity contribution in [3.8, 4) is 5.75 Å². The number of nitrogens with one attached hydrogen (secondary N) is 1. The molecule has 2 amide bonds. The second kappa shape index (κ2) is 10.5. The number of rotatable bonds is 9. The van der Waals surface area contributed by atoms with Crippen molar-refractivity contribution in [2.45, 2.75) is 46.6 Å². The smallest absolute Gasteiger partial charge is 0.265 e. The maximum atomic E-state index is 12.6. The third-order valence-electron chi connectivity index (χ3n) is 4.38. The molecular weight excluding hydrogens is 352 g/mol. The second-order valence-electron chi connectivity index (χ2n) is 6.93. The van der Waals surface area contributed by atoms with Gasteiger partial charge in [0.05, 0.1) is 0 Å². The summed E-state index contributed by atoms with van der Waals surface area (Å²) in [5.74, 6) is 0.442. The van der Waals surface area contributed by atoms with E-state index in [-0.39, 0.29) is 11.8 Å². The first kappa shape index (κ1) is 21.5. The van der Waals surface area contributed by atoms with Crippen molar-refractivity contribution in [1.82, 2.24) is 4.90 Å². The van der Waals surface area contributed by atoms with Crippen LogP contribution in [0.4, 0.5) is 5.69 Å². The van der Waals surface area contributed by atoms with Crippen LogP contribution < -0.4 is 10.1 Å². The van der Waals surface area contributed by atoms with Crippen LogP contribution in [0.25, 0.3) is 0 Å². The van der Waals surface area contributed by atoms with Crippen molar-refractivity contribution < 1.29 is 14.3 Å². The summed E-state index contributed by atoms with van der Waals surface area (Å²) >= 11 is 0. The van der Waals surface area contributed by atoms with Crippen molar-refractivity contribution in [3.05, 3.63) is 59.7 Å². The van der Waals surface area contributed by atoms with E-state index in [0.717, 1.165) is 31.5 Å². The summed E-state index contributed by atoms with van der Waals surface area (Å²) in [6.07, 6.45) is 1.23.